The molecule has 0 aliphatic carbocycles. The van der Waals surface area contributed by atoms with Gasteiger partial charge in [-0.05, 0) is 55.0 Å². The molecule has 2 aromatic heterocycles. The minimum atomic E-state index is -0.967. The van der Waals surface area contributed by atoms with Gasteiger partial charge in [0.1, 0.15) is 17.6 Å². The molecule has 0 saturated carbocycles. The molecule has 35 heavy (non-hydrogen) atoms. The van der Waals surface area contributed by atoms with Crippen LogP contribution in [-0.2, 0) is 9.59 Å². The molecule has 8 heteroatoms. The van der Waals surface area contributed by atoms with E-state index >= 15 is 0 Å². The van der Waals surface area contributed by atoms with E-state index in [1.165, 1.54) is 23.3 Å². The summed E-state index contributed by atoms with van der Waals surface area (Å²) in [5.74, 6) is -2.31. The third kappa shape index (κ3) is 3.22. The lowest BCUT2D eigenvalue weighted by molar-refractivity contribution is -0.134. The zero-order valence-corrected chi connectivity index (χ0v) is 18.6. The third-order valence-corrected chi connectivity index (χ3v) is 6.51. The summed E-state index contributed by atoms with van der Waals surface area (Å²) in [7, 11) is 0. The minimum Gasteiger partial charge on any atom is -0.508 e. The largest absolute Gasteiger partial charge is 0.508 e. The number of phenolic OH excluding ortho intramolecular Hbond substituents is 1. The van der Waals surface area contributed by atoms with E-state index in [9.17, 15) is 19.5 Å². The van der Waals surface area contributed by atoms with Crippen molar-refractivity contribution in [1.29, 1.82) is 0 Å². The number of nitrogens with one attached hydrogen (secondary N) is 1. The Morgan fingerprint density at radius 2 is 1.80 bits per heavy atom. The average Bonchev–Trinajstić information content (AvgIpc) is 3.42. The second-order valence-electron chi connectivity index (χ2n) is 8.68. The van der Waals surface area contributed by atoms with Crippen LogP contribution in [0.3, 0.4) is 0 Å². The number of phenols is 1. The van der Waals surface area contributed by atoms with Gasteiger partial charge in [0.05, 0.1) is 40.3 Å². The van der Waals surface area contributed by atoms with Gasteiger partial charge >= 0.3 is 0 Å². The number of nitrogens with zero attached hydrogens (tertiary/aromatic N) is 2. The fourth-order valence-electron chi connectivity index (χ4n) is 4.82. The van der Waals surface area contributed by atoms with Crippen LogP contribution in [0, 0.1) is 6.92 Å². The molecule has 3 heterocycles. The van der Waals surface area contributed by atoms with E-state index in [2.05, 4.69) is 9.97 Å². The molecule has 5 aromatic rings. The van der Waals surface area contributed by atoms with Crippen LogP contribution in [0.25, 0.3) is 22.0 Å². The van der Waals surface area contributed by atoms with Crippen LogP contribution in [0.1, 0.15) is 28.7 Å². The number of ketones is 1. The molecule has 1 saturated heterocycles. The van der Waals surface area contributed by atoms with Crippen molar-refractivity contribution in [2.45, 2.75) is 18.9 Å². The second kappa shape index (κ2) is 7.66. The van der Waals surface area contributed by atoms with E-state index in [4.69, 9.17) is 4.42 Å². The number of imidazole rings is 1. The minimum absolute atomic E-state index is 0.0318. The molecule has 1 amide bonds. The predicted molar refractivity (Wildman–Crippen MR) is 129 cm³/mol. The van der Waals surface area contributed by atoms with Gasteiger partial charge in [-0.15, -0.1) is 0 Å². The first-order chi connectivity index (χ1) is 16.9. The SMILES string of the molecule is Cc1ccc2occ(C3C(c4ccc(O)cc4)C(=O)C(=O)N3c3ccc4nc[nH]c4c3)c(=O)c2c1. The normalized spacial score (nSPS) is 18.1. The number of aromatic amines is 1. The number of hydrogen-bond acceptors (Lipinski definition) is 6. The lowest BCUT2D eigenvalue weighted by Crippen LogP contribution is -2.32. The number of aromatic nitrogens is 2. The van der Waals surface area contributed by atoms with Crippen molar-refractivity contribution >= 4 is 39.4 Å². The van der Waals surface area contributed by atoms with E-state index in [0.717, 1.165) is 5.56 Å². The first kappa shape index (κ1) is 20.9. The van der Waals surface area contributed by atoms with E-state index in [1.807, 2.05) is 13.0 Å². The van der Waals surface area contributed by atoms with Gasteiger partial charge in [-0.3, -0.25) is 19.3 Å². The van der Waals surface area contributed by atoms with Crippen LogP contribution in [0.5, 0.6) is 5.75 Å². The van der Waals surface area contributed by atoms with Crippen LogP contribution < -0.4 is 10.3 Å². The molecule has 2 atom stereocenters. The molecular weight excluding hydrogens is 446 g/mol. The Balaban J connectivity index is 1.61. The summed E-state index contributed by atoms with van der Waals surface area (Å²) in [5.41, 5.74) is 3.57. The summed E-state index contributed by atoms with van der Waals surface area (Å²) in [6.07, 6.45) is 2.88. The van der Waals surface area contributed by atoms with E-state index in [-0.39, 0.29) is 16.7 Å². The highest BCUT2D eigenvalue weighted by atomic mass is 16.3. The molecule has 0 spiro atoms. The highest BCUT2D eigenvalue weighted by molar-refractivity contribution is 6.46. The lowest BCUT2D eigenvalue weighted by atomic mass is 9.86. The monoisotopic (exact) mass is 465 g/mol. The average molecular weight is 465 g/mol. The summed E-state index contributed by atoms with van der Waals surface area (Å²) in [4.78, 5) is 49.1. The Hall–Kier alpha value is -4.72. The van der Waals surface area contributed by atoms with Gasteiger partial charge in [0.2, 0.25) is 5.78 Å². The summed E-state index contributed by atoms with van der Waals surface area (Å²) >= 11 is 0. The van der Waals surface area contributed by atoms with Crippen LogP contribution in [-0.4, -0.2) is 26.8 Å². The number of hydrogen-bond donors (Lipinski definition) is 2. The Kier molecular flexibility index (Phi) is 4.57. The number of fused-ring (bicyclic) bond motifs is 2. The molecule has 1 aliphatic heterocycles. The number of benzene rings is 3. The molecule has 1 fully saturated rings. The van der Waals surface area contributed by atoms with Crippen molar-refractivity contribution < 1.29 is 19.1 Å². The molecular formula is C27H19N3O5. The lowest BCUT2D eigenvalue weighted by Gasteiger charge is -2.27. The topological polar surface area (TPSA) is 116 Å². The van der Waals surface area contributed by atoms with Gasteiger partial charge < -0.3 is 14.5 Å². The van der Waals surface area contributed by atoms with Crippen molar-refractivity contribution in [3.63, 3.8) is 0 Å². The fourth-order valence-corrected chi connectivity index (χ4v) is 4.82. The van der Waals surface area contributed by atoms with Crippen molar-refractivity contribution in [1.82, 2.24) is 9.97 Å². The molecule has 2 N–H and O–H groups in total. The molecule has 2 unspecified atom stereocenters. The number of amides is 1. The zero-order valence-electron chi connectivity index (χ0n) is 18.6. The third-order valence-electron chi connectivity index (χ3n) is 6.51. The number of rotatable bonds is 3. The van der Waals surface area contributed by atoms with Crippen LogP contribution in [0.4, 0.5) is 5.69 Å². The summed E-state index contributed by atoms with van der Waals surface area (Å²) in [5, 5.41) is 10.1. The van der Waals surface area contributed by atoms with Gasteiger partial charge in [0.15, 0.2) is 5.43 Å². The van der Waals surface area contributed by atoms with Gasteiger partial charge in [-0.1, -0.05) is 23.8 Å². The maximum absolute atomic E-state index is 13.7. The second-order valence-corrected chi connectivity index (χ2v) is 8.68. The fraction of sp³-hybridized carbons (Fsp3) is 0.111. The first-order valence-electron chi connectivity index (χ1n) is 11.0. The number of H-pyrrole nitrogens is 1. The smallest absolute Gasteiger partial charge is 0.295 e. The first-order valence-corrected chi connectivity index (χ1v) is 11.0. The number of carbonyl (C=O) groups is 2. The number of anilines is 1. The molecule has 172 valence electrons. The molecule has 0 bridgehead atoms. The van der Waals surface area contributed by atoms with Crippen molar-refractivity contribution in [2.75, 3.05) is 4.90 Å². The number of carbonyl (C=O) groups excluding carboxylic acids is 2. The van der Waals surface area contributed by atoms with Crippen molar-refractivity contribution in [2.24, 2.45) is 0 Å². The number of Topliss-reactive ketones (excluding diaryl/α,β-unsaturated/α-hetero) is 1. The maximum atomic E-state index is 13.7. The molecule has 8 nitrogen and oxygen atoms in total. The molecule has 1 aliphatic rings. The Morgan fingerprint density at radius 1 is 1.00 bits per heavy atom. The van der Waals surface area contributed by atoms with Crippen LogP contribution >= 0.6 is 0 Å². The van der Waals surface area contributed by atoms with Crippen molar-refractivity contribution in [3.05, 3.63) is 100 Å². The summed E-state index contributed by atoms with van der Waals surface area (Å²) < 4.78 is 5.80. The van der Waals surface area contributed by atoms with Crippen molar-refractivity contribution in [3.8, 4) is 5.75 Å². The van der Waals surface area contributed by atoms with Gasteiger partial charge in [0, 0.05) is 5.69 Å². The van der Waals surface area contributed by atoms with Gasteiger partial charge in [-0.2, -0.15) is 0 Å². The number of aryl methyl sites for hydroxylation is 1. The number of aromatic hydroxyl groups is 1. The van der Waals surface area contributed by atoms with Crippen LogP contribution in [0.15, 0.2) is 82.5 Å². The van der Waals surface area contributed by atoms with Gasteiger partial charge in [0.25, 0.3) is 5.91 Å². The van der Waals surface area contributed by atoms with E-state index in [0.29, 0.717) is 33.3 Å². The van der Waals surface area contributed by atoms with Gasteiger partial charge in [-0.25, -0.2) is 4.98 Å². The predicted octanol–water partition coefficient (Wildman–Crippen LogP) is 4.12. The highest BCUT2D eigenvalue weighted by Crippen LogP contribution is 2.45. The Morgan fingerprint density at radius 3 is 2.60 bits per heavy atom. The van der Waals surface area contributed by atoms with E-state index in [1.54, 1.807) is 48.8 Å². The molecule has 6 rings (SSSR count). The standard InChI is InChI=1S/C27H19N3O5/c1-14-2-9-22-18(10-14)25(32)19(12-35-22)24-23(15-3-6-17(31)7-4-15)26(33)27(34)30(24)16-5-8-20-21(11-16)29-13-28-20/h2-13,23-24,31H,1H3,(H,28,29). The van der Waals surface area contributed by atoms with E-state index < -0.39 is 23.7 Å². The van der Waals surface area contributed by atoms with Crippen LogP contribution in [0.2, 0.25) is 0 Å². The maximum Gasteiger partial charge on any atom is 0.295 e. The molecule has 3 aromatic carbocycles. The highest BCUT2D eigenvalue weighted by Gasteiger charge is 2.50. The summed E-state index contributed by atoms with van der Waals surface area (Å²) in [6.45, 7) is 1.87. The molecule has 0 radical (unpaired) electrons. The summed E-state index contributed by atoms with van der Waals surface area (Å²) in [6, 6.07) is 15.6. The quantitative estimate of drug-likeness (QED) is 0.387. The Bertz CT molecular complexity index is 1700. The zero-order chi connectivity index (χ0) is 24.3. The Labute approximate surface area is 198 Å².